The molecule has 5 nitrogen and oxygen atoms in total. The molecular formula is C13H11IN4O. The Labute approximate surface area is 123 Å². The Hall–Kier alpha value is -1.70. The van der Waals surface area contributed by atoms with Gasteiger partial charge in [0.05, 0.1) is 30.0 Å². The SMILES string of the molecule is Cn1cc(Cn2cnc3ccc(I)cc3c2=O)cn1. The largest absolute Gasteiger partial charge is 0.294 e. The van der Waals surface area contributed by atoms with Gasteiger partial charge in [-0.25, -0.2) is 4.98 Å². The first kappa shape index (κ1) is 12.3. The fraction of sp³-hybridized carbons (Fsp3) is 0.154. The molecule has 0 fully saturated rings. The van der Waals surface area contributed by atoms with Crippen LogP contribution in [0.5, 0.6) is 0 Å². The number of hydrogen-bond donors (Lipinski definition) is 0. The summed E-state index contributed by atoms with van der Waals surface area (Å²) in [7, 11) is 1.85. The van der Waals surface area contributed by atoms with Gasteiger partial charge in [-0.05, 0) is 40.8 Å². The van der Waals surface area contributed by atoms with Crippen LogP contribution in [0.2, 0.25) is 0 Å². The van der Waals surface area contributed by atoms with E-state index < -0.39 is 0 Å². The predicted octanol–water partition coefficient (Wildman–Crippen LogP) is 1.78. The second-order valence-corrected chi connectivity index (χ2v) is 5.61. The standard InChI is InChI=1S/C13H11IN4O/c1-17-6-9(5-16-17)7-18-8-15-12-3-2-10(14)4-11(12)13(18)19/h2-6,8H,7H2,1H3. The van der Waals surface area contributed by atoms with Crippen molar-refractivity contribution < 1.29 is 0 Å². The van der Waals surface area contributed by atoms with Crippen LogP contribution < -0.4 is 5.56 Å². The van der Waals surface area contributed by atoms with Crippen LogP contribution in [0.25, 0.3) is 10.9 Å². The molecular weight excluding hydrogens is 355 g/mol. The molecule has 0 radical (unpaired) electrons. The average Bonchev–Trinajstić information content (AvgIpc) is 2.79. The van der Waals surface area contributed by atoms with E-state index in [2.05, 4.69) is 32.7 Å². The van der Waals surface area contributed by atoms with E-state index in [0.29, 0.717) is 11.9 Å². The van der Waals surface area contributed by atoms with Crippen molar-refractivity contribution in [2.24, 2.45) is 7.05 Å². The third-order valence-corrected chi connectivity index (χ3v) is 3.57. The highest BCUT2D eigenvalue weighted by Crippen LogP contribution is 2.12. The quantitative estimate of drug-likeness (QED) is 0.650. The normalized spacial score (nSPS) is 11.1. The maximum atomic E-state index is 12.4. The molecule has 19 heavy (non-hydrogen) atoms. The van der Waals surface area contributed by atoms with Gasteiger partial charge in [-0.3, -0.25) is 14.0 Å². The van der Waals surface area contributed by atoms with E-state index in [9.17, 15) is 4.79 Å². The van der Waals surface area contributed by atoms with Crippen LogP contribution in [0.4, 0.5) is 0 Å². The topological polar surface area (TPSA) is 52.7 Å². The van der Waals surface area contributed by atoms with Gasteiger partial charge in [-0.15, -0.1) is 0 Å². The first-order valence-electron chi connectivity index (χ1n) is 5.76. The highest BCUT2D eigenvalue weighted by Gasteiger charge is 2.06. The zero-order chi connectivity index (χ0) is 13.4. The predicted molar refractivity (Wildman–Crippen MR) is 81.0 cm³/mol. The number of fused-ring (bicyclic) bond motifs is 1. The molecule has 0 unspecified atom stereocenters. The van der Waals surface area contributed by atoms with Gasteiger partial charge in [0.1, 0.15) is 0 Å². The van der Waals surface area contributed by atoms with E-state index in [1.165, 1.54) is 0 Å². The van der Waals surface area contributed by atoms with Crippen molar-refractivity contribution in [2.75, 3.05) is 0 Å². The minimum atomic E-state index is -0.0210. The summed E-state index contributed by atoms with van der Waals surface area (Å²) in [5.74, 6) is 0. The lowest BCUT2D eigenvalue weighted by molar-refractivity contribution is 0.742. The minimum Gasteiger partial charge on any atom is -0.294 e. The Morgan fingerprint density at radius 1 is 1.37 bits per heavy atom. The van der Waals surface area contributed by atoms with Crippen molar-refractivity contribution in [2.45, 2.75) is 6.54 Å². The molecule has 0 N–H and O–H groups in total. The van der Waals surface area contributed by atoms with Crippen molar-refractivity contribution in [1.82, 2.24) is 19.3 Å². The van der Waals surface area contributed by atoms with Gasteiger partial charge < -0.3 is 0 Å². The van der Waals surface area contributed by atoms with Crippen LogP contribution in [-0.4, -0.2) is 19.3 Å². The summed E-state index contributed by atoms with van der Waals surface area (Å²) < 4.78 is 4.36. The molecule has 0 saturated heterocycles. The van der Waals surface area contributed by atoms with Crippen LogP contribution in [0, 0.1) is 3.57 Å². The lowest BCUT2D eigenvalue weighted by Gasteiger charge is -2.05. The van der Waals surface area contributed by atoms with E-state index in [1.54, 1.807) is 21.8 Å². The third-order valence-electron chi connectivity index (χ3n) is 2.90. The fourth-order valence-corrected chi connectivity index (χ4v) is 2.49. The molecule has 96 valence electrons. The Morgan fingerprint density at radius 3 is 2.95 bits per heavy atom. The Morgan fingerprint density at radius 2 is 2.21 bits per heavy atom. The summed E-state index contributed by atoms with van der Waals surface area (Å²) in [6.07, 6.45) is 5.24. The van der Waals surface area contributed by atoms with Gasteiger partial charge in [-0.1, -0.05) is 0 Å². The number of rotatable bonds is 2. The Balaban J connectivity index is 2.09. The molecule has 3 rings (SSSR count). The van der Waals surface area contributed by atoms with Crippen LogP contribution in [0.3, 0.4) is 0 Å². The molecule has 2 aromatic heterocycles. The zero-order valence-corrected chi connectivity index (χ0v) is 12.4. The van der Waals surface area contributed by atoms with Gasteiger partial charge in [0.15, 0.2) is 0 Å². The molecule has 1 aromatic carbocycles. The molecule has 2 heterocycles. The number of hydrogen-bond acceptors (Lipinski definition) is 3. The summed E-state index contributed by atoms with van der Waals surface area (Å²) in [6, 6.07) is 5.68. The maximum Gasteiger partial charge on any atom is 0.261 e. The van der Waals surface area contributed by atoms with Gasteiger partial charge in [0, 0.05) is 22.4 Å². The van der Waals surface area contributed by atoms with Crippen molar-refractivity contribution in [3.05, 3.63) is 56.4 Å². The highest BCUT2D eigenvalue weighted by atomic mass is 127. The first-order valence-corrected chi connectivity index (χ1v) is 6.83. The summed E-state index contributed by atoms with van der Waals surface area (Å²) >= 11 is 2.19. The number of aryl methyl sites for hydroxylation is 1. The molecule has 0 saturated carbocycles. The molecule has 6 heteroatoms. The average molecular weight is 366 g/mol. The number of aromatic nitrogens is 4. The molecule has 0 atom stereocenters. The molecule has 0 aliphatic rings. The fourth-order valence-electron chi connectivity index (χ4n) is 1.99. The molecule has 0 aliphatic carbocycles. The summed E-state index contributed by atoms with van der Waals surface area (Å²) in [6.45, 7) is 0.487. The van der Waals surface area contributed by atoms with Crippen LogP contribution in [-0.2, 0) is 13.6 Å². The molecule has 3 aromatic rings. The second kappa shape index (κ2) is 4.76. The Kier molecular flexibility index (Phi) is 3.09. The third kappa shape index (κ3) is 2.40. The summed E-state index contributed by atoms with van der Waals surface area (Å²) in [5, 5.41) is 4.75. The van der Waals surface area contributed by atoms with Crippen molar-refractivity contribution >= 4 is 33.5 Å². The van der Waals surface area contributed by atoms with Crippen molar-refractivity contribution in [3.63, 3.8) is 0 Å². The summed E-state index contributed by atoms with van der Waals surface area (Å²) in [5.41, 5.74) is 1.69. The molecule has 0 aliphatic heterocycles. The van der Waals surface area contributed by atoms with E-state index >= 15 is 0 Å². The van der Waals surface area contributed by atoms with Crippen LogP contribution >= 0.6 is 22.6 Å². The molecule has 0 amide bonds. The highest BCUT2D eigenvalue weighted by molar-refractivity contribution is 14.1. The number of halogens is 1. The van der Waals surface area contributed by atoms with Gasteiger partial charge in [0.25, 0.3) is 5.56 Å². The zero-order valence-electron chi connectivity index (χ0n) is 10.2. The minimum absolute atomic E-state index is 0.0210. The molecule has 0 bridgehead atoms. The van der Waals surface area contributed by atoms with E-state index in [-0.39, 0.29) is 5.56 Å². The molecule has 0 spiro atoms. The smallest absolute Gasteiger partial charge is 0.261 e. The van der Waals surface area contributed by atoms with Gasteiger partial charge >= 0.3 is 0 Å². The number of nitrogens with zero attached hydrogens (tertiary/aromatic N) is 4. The monoisotopic (exact) mass is 366 g/mol. The van der Waals surface area contributed by atoms with E-state index in [1.807, 2.05) is 31.4 Å². The van der Waals surface area contributed by atoms with Crippen LogP contribution in [0.15, 0.2) is 41.7 Å². The van der Waals surface area contributed by atoms with Crippen molar-refractivity contribution in [1.29, 1.82) is 0 Å². The van der Waals surface area contributed by atoms with E-state index in [4.69, 9.17) is 0 Å². The second-order valence-electron chi connectivity index (χ2n) is 4.36. The van der Waals surface area contributed by atoms with Gasteiger partial charge in [0.2, 0.25) is 0 Å². The van der Waals surface area contributed by atoms with Crippen LogP contribution in [0.1, 0.15) is 5.56 Å². The maximum absolute atomic E-state index is 12.4. The van der Waals surface area contributed by atoms with Crippen molar-refractivity contribution in [3.8, 4) is 0 Å². The number of benzene rings is 1. The van der Waals surface area contributed by atoms with E-state index in [0.717, 1.165) is 14.7 Å². The summed E-state index contributed by atoms with van der Waals surface area (Å²) in [4.78, 5) is 16.7. The first-order chi connectivity index (χ1) is 9.13. The van der Waals surface area contributed by atoms with Gasteiger partial charge in [-0.2, -0.15) is 5.10 Å². The lowest BCUT2D eigenvalue weighted by Crippen LogP contribution is -2.21. The Bertz CT molecular complexity index is 806. The lowest BCUT2D eigenvalue weighted by atomic mass is 10.2.